The molecule has 2 aromatic carbocycles. The molecule has 3 aromatic rings. The Morgan fingerprint density at radius 1 is 1.11 bits per heavy atom. The van der Waals surface area contributed by atoms with Crippen molar-refractivity contribution in [2.24, 2.45) is 0 Å². The highest BCUT2D eigenvalue weighted by molar-refractivity contribution is 7.18. The van der Waals surface area contributed by atoms with E-state index in [1.807, 2.05) is 30.3 Å². The van der Waals surface area contributed by atoms with E-state index in [0.717, 1.165) is 20.8 Å². The molecule has 0 saturated carbocycles. The molecule has 0 N–H and O–H groups in total. The van der Waals surface area contributed by atoms with E-state index in [1.165, 1.54) is 0 Å². The summed E-state index contributed by atoms with van der Waals surface area (Å²) in [5.41, 5.74) is 1.93. The number of carboxylic acid groups (broad SMARTS) is 1. The highest BCUT2D eigenvalue weighted by atomic mass is 32.1. The Labute approximate surface area is 114 Å². The fourth-order valence-electron chi connectivity index (χ4n) is 2.03. The molecule has 0 spiro atoms. The van der Waals surface area contributed by atoms with Gasteiger partial charge in [-0.05, 0) is 17.7 Å². The molecule has 4 heteroatoms. The van der Waals surface area contributed by atoms with Gasteiger partial charge in [0.05, 0.1) is 21.2 Å². The molecule has 94 valence electrons. The number of fused-ring (bicyclic) bond motifs is 1. The Hall–Kier alpha value is -2.20. The smallest absolute Gasteiger partial charge is 0.0982 e. The number of aromatic nitrogens is 1. The topological polar surface area (TPSA) is 53.0 Å². The monoisotopic (exact) mass is 268 g/mol. The van der Waals surface area contributed by atoms with Gasteiger partial charge in [-0.3, -0.25) is 0 Å². The summed E-state index contributed by atoms with van der Waals surface area (Å²) in [7, 11) is 0. The zero-order valence-electron chi connectivity index (χ0n) is 10.00. The molecule has 0 aliphatic heterocycles. The van der Waals surface area contributed by atoms with Gasteiger partial charge >= 0.3 is 0 Å². The Kier molecular flexibility index (Phi) is 3.01. The van der Waals surface area contributed by atoms with Gasteiger partial charge in [0.1, 0.15) is 0 Å². The molecule has 19 heavy (non-hydrogen) atoms. The molecule has 0 radical (unpaired) electrons. The second-order valence-corrected chi connectivity index (χ2v) is 5.31. The third-order valence-corrected chi connectivity index (χ3v) is 3.95. The standard InChI is InChI=1S/C15H11NO2S/c17-15(18)11-6-2-1-5-10(11)9-14-16-12-7-3-4-8-13(12)19-14/h1-8H,9H2,(H,17,18)/p-1. The SMILES string of the molecule is O=C([O-])c1ccccc1Cc1nc2ccccc2s1. The first-order valence-corrected chi connectivity index (χ1v) is 6.69. The molecular formula is C15H10NO2S-. The van der Waals surface area contributed by atoms with Crippen LogP contribution >= 0.6 is 11.3 Å². The average Bonchev–Trinajstić information content (AvgIpc) is 2.81. The molecule has 1 heterocycles. The van der Waals surface area contributed by atoms with Crippen molar-refractivity contribution in [3.05, 3.63) is 64.7 Å². The quantitative estimate of drug-likeness (QED) is 0.732. The minimum Gasteiger partial charge on any atom is -0.545 e. The minimum absolute atomic E-state index is 0.238. The van der Waals surface area contributed by atoms with Crippen molar-refractivity contribution in [1.82, 2.24) is 4.98 Å². The van der Waals surface area contributed by atoms with Gasteiger partial charge in [0.2, 0.25) is 0 Å². The molecule has 0 amide bonds. The fourth-order valence-corrected chi connectivity index (χ4v) is 3.02. The molecular weight excluding hydrogens is 258 g/mol. The average molecular weight is 268 g/mol. The van der Waals surface area contributed by atoms with Crippen LogP contribution in [0, 0.1) is 0 Å². The van der Waals surface area contributed by atoms with Gasteiger partial charge in [-0.15, -0.1) is 11.3 Å². The number of para-hydroxylation sites is 1. The zero-order chi connectivity index (χ0) is 13.2. The molecule has 0 atom stereocenters. The summed E-state index contributed by atoms with van der Waals surface area (Å²) in [6.45, 7) is 0. The van der Waals surface area contributed by atoms with Crippen LogP contribution in [0.1, 0.15) is 20.9 Å². The summed E-state index contributed by atoms with van der Waals surface area (Å²) < 4.78 is 1.11. The molecule has 3 nitrogen and oxygen atoms in total. The first-order valence-electron chi connectivity index (χ1n) is 5.88. The Morgan fingerprint density at radius 3 is 2.63 bits per heavy atom. The highest BCUT2D eigenvalue weighted by Gasteiger charge is 2.08. The second-order valence-electron chi connectivity index (χ2n) is 4.20. The van der Waals surface area contributed by atoms with Crippen molar-refractivity contribution in [2.45, 2.75) is 6.42 Å². The van der Waals surface area contributed by atoms with Crippen LogP contribution < -0.4 is 5.11 Å². The van der Waals surface area contributed by atoms with E-state index in [2.05, 4.69) is 4.98 Å². The Bertz CT molecular complexity index is 715. The lowest BCUT2D eigenvalue weighted by molar-refractivity contribution is -0.255. The van der Waals surface area contributed by atoms with Gasteiger partial charge in [-0.2, -0.15) is 0 Å². The summed E-state index contributed by atoms with van der Waals surface area (Å²) in [6, 6.07) is 14.8. The van der Waals surface area contributed by atoms with Gasteiger partial charge < -0.3 is 9.90 Å². The number of carbonyl (C=O) groups excluding carboxylic acids is 1. The van der Waals surface area contributed by atoms with E-state index in [9.17, 15) is 9.90 Å². The normalized spacial score (nSPS) is 10.7. The molecule has 0 unspecified atom stereocenters. The van der Waals surface area contributed by atoms with Crippen molar-refractivity contribution in [2.75, 3.05) is 0 Å². The maximum absolute atomic E-state index is 11.1. The van der Waals surface area contributed by atoms with Crippen LogP contribution in [-0.2, 0) is 6.42 Å². The van der Waals surface area contributed by atoms with Gasteiger partial charge in [0.25, 0.3) is 0 Å². The van der Waals surface area contributed by atoms with Crippen LogP contribution in [0.15, 0.2) is 48.5 Å². The maximum atomic E-state index is 11.1. The van der Waals surface area contributed by atoms with Crippen molar-refractivity contribution in [3.63, 3.8) is 0 Å². The Morgan fingerprint density at radius 2 is 1.84 bits per heavy atom. The predicted molar refractivity (Wildman–Crippen MR) is 73.2 cm³/mol. The number of benzene rings is 2. The highest BCUT2D eigenvalue weighted by Crippen LogP contribution is 2.24. The third-order valence-electron chi connectivity index (χ3n) is 2.92. The number of carboxylic acids is 1. The van der Waals surface area contributed by atoms with Crippen LogP contribution in [0.5, 0.6) is 0 Å². The maximum Gasteiger partial charge on any atom is 0.0982 e. The molecule has 0 aliphatic rings. The van der Waals surface area contributed by atoms with Crippen LogP contribution in [0.3, 0.4) is 0 Å². The summed E-state index contributed by atoms with van der Waals surface area (Å²) in [5.74, 6) is -1.14. The van der Waals surface area contributed by atoms with Gasteiger partial charge in [0.15, 0.2) is 0 Å². The van der Waals surface area contributed by atoms with Crippen LogP contribution in [0.25, 0.3) is 10.2 Å². The summed E-state index contributed by atoms with van der Waals surface area (Å²) >= 11 is 1.59. The summed E-state index contributed by atoms with van der Waals surface area (Å²) in [6.07, 6.45) is 0.517. The summed E-state index contributed by atoms with van der Waals surface area (Å²) in [4.78, 5) is 15.6. The molecule has 3 rings (SSSR count). The van der Waals surface area contributed by atoms with Crippen LogP contribution in [-0.4, -0.2) is 11.0 Å². The van der Waals surface area contributed by atoms with E-state index < -0.39 is 5.97 Å². The number of carbonyl (C=O) groups is 1. The van der Waals surface area contributed by atoms with E-state index in [0.29, 0.717) is 6.42 Å². The largest absolute Gasteiger partial charge is 0.545 e. The molecule has 1 aromatic heterocycles. The number of nitrogens with zero attached hydrogens (tertiary/aromatic N) is 1. The Balaban J connectivity index is 1.99. The van der Waals surface area contributed by atoms with E-state index >= 15 is 0 Å². The van der Waals surface area contributed by atoms with Crippen LogP contribution in [0.2, 0.25) is 0 Å². The predicted octanol–water partition coefficient (Wildman–Crippen LogP) is 2.25. The van der Waals surface area contributed by atoms with E-state index in [-0.39, 0.29) is 5.56 Å². The molecule has 0 fully saturated rings. The van der Waals surface area contributed by atoms with Crippen molar-refractivity contribution in [3.8, 4) is 0 Å². The minimum atomic E-state index is -1.14. The van der Waals surface area contributed by atoms with Crippen LogP contribution in [0.4, 0.5) is 0 Å². The second kappa shape index (κ2) is 4.82. The van der Waals surface area contributed by atoms with Gasteiger partial charge in [0, 0.05) is 12.0 Å². The lowest BCUT2D eigenvalue weighted by Crippen LogP contribution is -2.23. The van der Waals surface area contributed by atoms with E-state index in [1.54, 1.807) is 29.5 Å². The molecule has 0 bridgehead atoms. The van der Waals surface area contributed by atoms with Gasteiger partial charge in [-0.25, -0.2) is 4.98 Å². The fraction of sp³-hybridized carbons (Fsp3) is 0.0667. The third kappa shape index (κ3) is 2.35. The van der Waals surface area contributed by atoms with Crippen molar-refractivity contribution >= 4 is 27.5 Å². The zero-order valence-corrected chi connectivity index (χ0v) is 10.8. The van der Waals surface area contributed by atoms with Crippen molar-refractivity contribution < 1.29 is 9.90 Å². The number of hydrogen-bond acceptors (Lipinski definition) is 4. The number of thiazole rings is 1. The van der Waals surface area contributed by atoms with Gasteiger partial charge in [-0.1, -0.05) is 36.4 Å². The van der Waals surface area contributed by atoms with E-state index in [4.69, 9.17) is 0 Å². The molecule has 0 aliphatic carbocycles. The lowest BCUT2D eigenvalue weighted by Gasteiger charge is -2.08. The van der Waals surface area contributed by atoms with Crippen molar-refractivity contribution in [1.29, 1.82) is 0 Å². The number of rotatable bonds is 3. The molecule has 0 saturated heterocycles. The number of hydrogen-bond donors (Lipinski definition) is 0. The number of aromatic carboxylic acids is 1. The lowest BCUT2D eigenvalue weighted by atomic mass is 10.1. The first-order chi connectivity index (χ1) is 9.24. The summed E-state index contributed by atoms with van der Waals surface area (Å²) in [5, 5.41) is 12.0. The first kappa shape index (κ1) is 11.9.